The zero-order valence-corrected chi connectivity index (χ0v) is 11.8. The first kappa shape index (κ1) is 13.8. The Hall–Kier alpha value is -2.14. The molecule has 1 aliphatic rings. The van der Waals surface area contributed by atoms with Crippen molar-refractivity contribution in [3.63, 3.8) is 0 Å². The topological polar surface area (TPSA) is 67.2 Å². The zero-order valence-electron chi connectivity index (χ0n) is 11.8. The molecule has 110 valence electrons. The third kappa shape index (κ3) is 3.13. The second-order valence-corrected chi connectivity index (χ2v) is 5.42. The van der Waals surface area contributed by atoms with Crippen LogP contribution in [0.1, 0.15) is 31.4 Å². The summed E-state index contributed by atoms with van der Waals surface area (Å²) in [4.78, 5) is 12.0. The predicted molar refractivity (Wildman–Crippen MR) is 80.6 cm³/mol. The number of aromatic hydroxyl groups is 1. The van der Waals surface area contributed by atoms with Gasteiger partial charge in [0.1, 0.15) is 11.4 Å². The van der Waals surface area contributed by atoms with Crippen molar-refractivity contribution >= 4 is 0 Å². The third-order valence-electron chi connectivity index (χ3n) is 3.90. The number of hydrogen-bond donors (Lipinski definition) is 2. The van der Waals surface area contributed by atoms with Gasteiger partial charge in [-0.15, -0.1) is 0 Å². The molecule has 1 aliphatic carbocycles. The summed E-state index contributed by atoms with van der Waals surface area (Å²) in [5.74, 6) is -0.0438. The summed E-state index contributed by atoms with van der Waals surface area (Å²) < 4.78 is 1.32. The van der Waals surface area contributed by atoms with E-state index in [9.17, 15) is 9.90 Å². The summed E-state index contributed by atoms with van der Waals surface area (Å²) in [6.45, 7) is 0.476. The van der Waals surface area contributed by atoms with Crippen LogP contribution in [0.5, 0.6) is 5.75 Å². The summed E-state index contributed by atoms with van der Waals surface area (Å²) in [6, 6.07) is 10.9. The van der Waals surface area contributed by atoms with E-state index < -0.39 is 0 Å². The van der Waals surface area contributed by atoms with Gasteiger partial charge >= 0.3 is 0 Å². The minimum Gasteiger partial charge on any atom is -0.506 e. The minimum absolute atomic E-state index is 0.0438. The average Bonchev–Trinajstić information content (AvgIpc) is 3.01. The average molecular weight is 285 g/mol. The maximum Gasteiger partial charge on any atom is 0.275 e. The second-order valence-electron chi connectivity index (χ2n) is 5.42. The molecule has 3 rings (SSSR count). The zero-order chi connectivity index (χ0) is 14.7. The third-order valence-corrected chi connectivity index (χ3v) is 3.90. The maximum absolute atomic E-state index is 12.0. The first-order valence-corrected chi connectivity index (χ1v) is 7.35. The van der Waals surface area contributed by atoms with Crippen LogP contribution in [0.15, 0.2) is 41.2 Å². The highest BCUT2D eigenvalue weighted by atomic mass is 16.3. The molecule has 21 heavy (non-hydrogen) atoms. The molecule has 2 N–H and O–H groups in total. The van der Waals surface area contributed by atoms with Gasteiger partial charge < -0.3 is 10.4 Å². The Morgan fingerprint density at radius 3 is 2.67 bits per heavy atom. The molecular weight excluding hydrogens is 266 g/mol. The van der Waals surface area contributed by atoms with E-state index in [2.05, 4.69) is 10.4 Å². The van der Waals surface area contributed by atoms with Crippen LogP contribution in [-0.2, 0) is 6.54 Å². The van der Waals surface area contributed by atoms with Crippen molar-refractivity contribution in [2.24, 2.45) is 0 Å². The number of para-hydroxylation sites is 1. The number of nitrogens with zero attached hydrogens (tertiary/aromatic N) is 2. The first-order valence-electron chi connectivity index (χ1n) is 7.35. The second kappa shape index (κ2) is 6.10. The van der Waals surface area contributed by atoms with E-state index in [0.717, 1.165) is 0 Å². The molecule has 1 aromatic carbocycles. The molecular formula is C16H19N3O2. The molecule has 1 aromatic heterocycles. The van der Waals surface area contributed by atoms with Crippen LogP contribution in [0.4, 0.5) is 0 Å². The van der Waals surface area contributed by atoms with Gasteiger partial charge in [-0.2, -0.15) is 9.78 Å². The van der Waals surface area contributed by atoms with E-state index in [1.54, 1.807) is 0 Å². The Labute approximate surface area is 123 Å². The Bertz CT molecular complexity index is 661. The molecule has 0 spiro atoms. The molecule has 0 bridgehead atoms. The normalized spacial score (nSPS) is 15.4. The van der Waals surface area contributed by atoms with Crippen LogP contribution in [0, 0.1) is 0 Å². The lowest BCUT2D eigenvalue weighted by atomic mass is 10.2. The van der Waals surface area contributed by atoms with Crippen LogP contribution >= 0.6 is 0 Å². The molecule has 0 aliphatic heterocycles. The van der Waals surface area contributed by atoms with Crippen LogP contribution in [0.25, 0.3) is 5.69 Å². The van der Waals surface area contributed by atoms with Gasteiger partial charge in [0.15, 0.2) is 0 Å². The van der Waals surface area contributed by atoms with Crippen LogP contribution < -0.4 is 10.9 Å². The number of nitrogens with one attached hydrogen (secondary N) is 1. The van der Waals surface area contributed by atoms with Gasteiger partial charge in [0.2, 0.25) is 0 Å². The van der Waals surface area contributed by atoms with Crippen LogP contribution in [-0.4, -0.2) is 20.9 Å². The van der Waals surface area contributed by atoms with E-state index in [1.807, 2.05) is 30.3 Å². The van der Waals surface area contributed by atoms with E-state index in [0.29, 0.717) is 24.0 Å². The quantitative estimate of drug-likeness (QED) is 0.901. The molecule has 5 heteroatoms. The van der Waals surface area contributed by atoms with Gasteiger partial charge in [0.25, 0.3) is 5.56 Å². The summed E-state index contributed by atoms with van der Waals surface area (Å²) in [5, 5.41) is 17.6. The fourth-order valence-electron chi connectivity index (χ4n) is 2.73. The Morgan fingerprint density at radius 1 is 1.24 bits per heavy atom. The van der Waals surface area contributed by atoms with Gasteiger partial charge in [0, 0.05) is 18.7 Å². The van der Waals surface area contributed by atoms with Crippen molar-refractivity contribution in [3.05, 3.63) is 52.4 Å². The van der Waals surface area contributed by atoms with Gasteiger partial charge in [0.05, 0.1) is 5.69 Å². The monoisotopic (exact) mass is 285 g/mol. The molecule has 1 heterocycles. The first-order chi connectivity index (χ1) is 10.2. The van der Waals surface area contributed by atoms with Crippen molar-refractivity contribution in [1.82, 2.24) is 15.1 Å². The summed E-state index contributed by atoms with van der Waals surface area (Å²) in [5.41, 5.74) is 0.873. The van der Waals surface area contributed by atoms with Crippen molar-refractivity contribution in [2.75, 3.05) is 0 Å². The largest absolute Gasteiger partial charge is 0.506 e. The highest BCUT2D eigenvalue weighted by Crippen LogP contribution is 2.19. The summed E-state index contributed by atoms with van der Waals surface area (Å²) in [7, 11) is 0. The molecule has 0 unspecified atom stereocenters. The minimum atomic E-state index is -0.330. The number of aromatic nitrogens is 2. The smallest absolute Gasteiger partial charge is 0.275 e. The Morgan fingerprint density at radius 2 is 1.95 bits per heavy atom. The molecule has 0 radical (unpaired) electrons. The summed E-state index contributed by atoms with van der Waals surface area (Å²) >= 11 is 0. The lowest BCUT2D eigenvalue weighted by Crippen LogP contribution is -2.28. The van der Waals surface area contributed by atoms with E-state index in [4.69, 9.17) is 0 Å². The van der Waals surface area contributed by atoms with Gasteiger partial charge in [-0.25, -0.2) is 0 Å². The van der Waals surface area contributed by atoms with Crippen molar-refractivity contribution < 1.29 is 5.11 Å². The van der Waals surface area contributed by atoms with Gasteiger partial charge in [-0.3, -0.25) is 4.79 Å². The molecule has 2 aromatic rings. The summed E-state index contributed by atoms with van der Waals surface area (Å²) in [6.07, 6.45) is 4.83. The highest BCUT2D eigenvalue weighted by molar-refractivity contribution is 5.32. The van der Waals surface area contributed by atoms with Crippen molar-refractivity contribution in [3.8, 4) is 11.4 Å². The lowest BCUT2D eigenvalue weighted by molar-refractivity contribution is 0.441. The lowest BCUT2D eigenvalue weighted by Gasteiger charge is -2.13. The van der Waals surface area contributed by atoms with Gasteiger partial charge in [-0.05, 0) is 25.0 Å². The fraction of sp³-hybridized carbons (Fsp3) is 0.375. The van der Waals surface area contributed by atoms with Crippen molar-refractivity contribution in [1.29, 1.82) is 0 Å². The molecule has 5 nitrogen and oxygen atoms in total. The Kier molecular flexibility index (Phi) is 4.01. The predicted octanol–water partition coefficient (Wildman–Crippen LogP) is 1.97. The molecule has 0 amide bonds. The van der Waals surface area contributed by atoms with Gasteiger partial charge in [-0.1, -0.05) is 31.0 Å². The van der Waals surface area contributed by atoms with Crippen molar-refractivity contribution in [2.45, 2.75) is 38.3 Å². The number of hydrogen-bond acceptors (Lipinski definition) is 4. The maximum atomic E-state index is 12.0. The van der Waals surface area contributed by atoms with E-state index in [-0.39, 0.29) is 11.3 Å². The SMILES string of the molecule is O=c1cc(O)c(CNC2CCCC2)nn1-c1ccccc1. The molecule has 1 fully saturated rings. The number of benzene rings is 1. The van der Waals surface area contributed by atoms with Crippen LogP contribution in [0.2, 0.25) is 0 Å². The van der Waals surface area contributed by atoms with Crippen LogP contribution in [0.3, 0.4) is 0 Å². The van der Waals surface area contributed by atoms with E-state index >= 15 is 0 Å². The molecule has 1 saturated carbocycles. The molecule has 0 atom stereocenters. The highest BCUT2D eigenvalue weighted by Gasteiger charge is 2.16. The molecule has 0 saturated heterocycles. The fourth-order valence-corrected chi connectivity index (χ4v) is 2.73. The Balaban J connectivity index is 1.85. The number of rotatable bonds is 4. The standard InChI is InChI=1S/C16H19N3O2/c20-15-10-16(21)19(13-8-2-1-3-9-13)18-14(15)11-17-12-6-4-5-7-12/h1-3,8-10,12,17,20H,4-7,11H2. The van der Waals surface area contributed by atoms with E-state index in [1.165, 1.54) is 36.4 Å².